The molecule has 5 heteroatoms. The van der Waals surface area contributed by atoms with Gasteiger partial charge in [-0.1, -0.05) is 42.5 Å². The molecule has 160 valence electrons. The number of nitrogens with two attached hydrogens (primary N) is 1. The number of ether oxygens (including phenoxy) is 1. The summed E-state index contributed by atoms with van der Waals surface area (Å²) in [6, 6.07) is 19.5. The second-order valence-electron chi connectivity index (χ2n) is 8.90. The van der Waals surface area contributed by atoms with Crippen molar-refractivity contribution < 1.29 is 14.6 Å². The van der Waals surface area contributed by atoms with Crippen LogP contribution in [0.4, 0.5) is 0 Å². The Kier molecular flexibility index (Phi) is 4.95. The topological polar surface area (TPSA) is 75.8 Å². The lowest BCUT2D eigenvalue weighted by Crippen LogP contribution is -2.52. The molecule has 31 heavy (non-hydrogen) atoms. The van der Waals surface area contributed by atoms with Crippen molar-refractivity contribution in [3.63, 3.8) is 0 Å². The van der Waals surface area contributed by atoms with Crippen LogP contribution in [0.2, 0.25) is 0 Å². The third-order valence-electron chi connectivity index (χ3n) is 7.36. The van der Waals surface area contributed by atoms with Crippen molar-refractivity contribution in [2.24, 2.45) is 17.6 Å². The van der Waals surface area contributed by atoms with Gasteiger partial charge in [0.15, 0.2) is 0 Å². The molecule has 3 N–H and O–H groups in total. The number of nitrogens with zero attached hydrogens (tertiary/aromatic N) is 1. The maximum Gasteiger partial charge on any atom is 0.248 e. The summed E-state index contributed by atoms with van der Waals surface area (Å²) in [5.74, 6) is 0.619. The molecule has 3 aromatic rings. The standard InChI is InChI=1S/C26H28N2O3/c1-31-26(19-6-4-5-17(13-19)25(27)30)20-10-11-21(26)16-28(15-20)14-18-9-12-24(29)23-8-3-2-7-22(18)23/h2-9,12-13,20-21,29H,10-11,14-16H2,1H3,(H2,27,30). The van der Waals surface area contributed by atoms with E-state index >= 15 is 0 Å². The molecule has 2 aliphatic rings. The quantitative estimate of drug-likeness (QED) is 0.659. The van der Waals surface area contributed by atoms with Gasteiger partial charge in [0.05, 0.1) is 0 Å². The predicted octanol–water partition coefficient (Wildman–Crippen LogP) is 4.03. The van der Waals surface area contributed by atoms with E-state index in [2.05, 4.69) is 17.0 Å². The van der Waals surface area contributed by atoms with E-state index in [0.717, 1.165) is 48.8 Å². The van der Waals surface area contributed by atoms with Crippen molar-refractivity contribution >= 4 is 16.7 Å². The minimum Gasteiger partial charge on any atom is -0.507 e. The number of primary amides is 1. The van der Waals surface area contributed by atoms with E-state index in [-0.39, 0.29) is 5.60 Å². The third-order valence-corrected chi connectivity index (χ3v) is 7.36. The van der Waals surface area contributed by atoms with E-state index < -0.39 is 5.91 Å². The number of carbonyl (C=O) groups is 1. The maximum absolute atomic E-state index is 11.7. The van der Waals surface area contributed by atoms with Crippen molar-refractivity contribution in [2.75, 3.05) is 20.2 Å². The smallest absolute Gasteiger partial charge is 0.248 e. The highest BCUT2D eigenvalue weighted by Gasteiger charge is 2.55. The van der Waals surface area contributed by atoms with Crippen LogP contribution >= 0.6 is 0 Å². The molecule has 1 heterocycles. The fourth-order valence-corrected chi connectivity index (χ4v) is 6.01. The molecule has 0 aromatic heterocycles. The minimum atomic E-state index is -0.405. The molecule has 1 aliphatic heterocycles. The number of hydrogen-bond donors (Lipinski definition) is 2. The normalized spacial score (nSPS) is 25.7. The number of aromatic hydroxyl groups is 1. The summed E-state index contributed by atoms with van der Waals surface area (Å²) in [6.45, 7) is 2.70. The summed E-state index contributed by atoms with van der Waals surface area (Å²) in [5, 5.41) is 12.2. The molecule has 2 fully saturated rings. The average molecular weight is 417 g/mol. The molecule has 5 nitrogen and oxygen atoms in total. The number of methoxy groups -OCH3 is 1. The molecule has 3 aromatic carbocycles. The highest BCUT2D eigenvalue weighted by Crippen LogP contribution is 2.54. The molecule has 5 rings (SSSR count). The lowest BCUT2D eigenvalue weighted by atomic mass is 9.74. The second kappa shape index (κ2) is 7.66. The monoisotopic (exact) mass is 416 g/mol. The van der Waals surface area contributed by atoms with Gasteiger partial charge in [-0.3, -0.25) is 9.69 Å². The molecule has 1 saturated carbocycles. The zero-order valence-corrected chi connectivity index (χ0v) is 17.8. The summed E-state index contributed by atoms with van der Waals surface area (Å²) in [5.41, 5.74) is 7.99. The molecule has 0 radical (unpaired) electrons. The Morgan fingerprint density at radius 3 is 2.45 bits per heavy atom. The largest absolute Gasteiger partial charge is 0.507 e. The van der Waals surface area contributed by atoms with Gasteiger partial charge in [0, 0.05) is 49.5 Å². The Balaban J connectivity index is 1.44. The van der Waals surface area contributed by atoms with Gasteiger partial charge in [-0.15, -0.1) is 0 Å². The fourth-order valence-electron chi connectivity index (χ4n) is 6.01. The van der Waals surface area contributed by atoms with Gasteiger partial charge < -0.3 is 15.6 Å². The number of piperidine rings is 1. The summed E-state index contributed by atoms with van der Waals surface area (Å²) < 4.78 is 6.26. The molecule has 1 aliphatic carbocycles. The first-order chi connectivity index (χ1) is 15.0. The molecule has 1 amide bonds. The van der Waals surface area contributed by atoms with Crippen LogP contribution in [0, 0.1) is 11.8 Å². The summed E-state index contributed by atoms with van der Waals surface area (Å²) in [7, 11) is 1.80. The average Bonchev–Trinajstić information content (AvgIpc) is 2.99. The molecule has 0 spiro atoms. The van der Waals surface area contributed by atoms with E-state index in [9.17, 15) is 9.90 Å². The zero-order chi connectivity index (χ0) is 21.6. The summed E-state index contributed by atoms with van der Waals surface area (Å²) in [4.78, 5) is 14.3. The summed E-state index contributed by atoms with van der Waals surface area (Å²) in [6.07, 6.45) is 2.21. The van der Waals surface area contributed by atoms with Crippen molar-refractivity contribution in [3.8, 4) is 5.75 Å². The van der Waals surface area contributed by atoms with Crippen LogP contribution in [-0.4, -0.2) is 36.1 Å². The minimum absolute atomic E-state index is 0.325. The molecule has 1 saturated heterocycles. The van der Waals surface area contributed by atoms with E-state index in [1.807, 2.05) is 36.4 Å². The first-order valence-corrected chi connectivity index (χ1v) is 10.9. The molecule has 2 unspecified atom stereocenters. The zero-order valence-electron chi connectivity index (χ0n) is 17.8. The van der Waals surface area contributed by atoms with Crippen LogP contribution in [-0.2, 0) is 16.9 Å². The second-order valence-corrected chi connectivity index (χ2v) is 8.90. The molecule has 2 bridgehead atoms. The number of rotatable bonds is 5. The van der Waals surface area contributed by atoms with E-state index in [1.165, 1.54) is 5.56 Å². The van der Waals surface area contributed by atoms with Gasteiger partial charge in [0.1, 0.15) is 11.4 Å². The lowest BCUT2D eigenvalue weighted by Gasteiger charge is -2.47. The van der Waals surface area contributed by atoms with Crippen molar-refractivity contribution in [2.45, 2.75) is 25.0 Å². The van der Waals surface area contributed by atoms with Gasteiger partial charge in [-0.05, 0) is 47.6 Å². The highest BCUT2D eigenvalue weighted by molar-refractivity contribution is 5.93. The fraction of sp³-hybridized carbons (Fsp3) is 0.346. The van der Waals surface area contributed by atoms with Crippen LogP contribution in [0.15, 0.2) is 60.7 Å². The predicted molar refractivity (Wildman–Crippen MR) is 121 cm³/mol. The number of phenolic OH excluding ortho intramolecular Hbond substituents is 1. The van der Waals surface area contributed by atoms with Crippen LogP contribution in [0.25, 0.3) is 10.8 Å². The number of phenols is 1. The lowest BCUT2D eigenvalue weighted by molar-refractivity contribution is -0.120. The molecule has 2 atom stereocenters. The van der Waals surface area contributed by atoms with Gasteiger partial charge in [0.25, 0.3) is 0 Å². The Morgan fingerprint density at radius 2 is 1.77 bits per heavy atom. The van der Waals surface area contributed by atoms with Crippen molar-refractivity contribution in [1.82, 2.24) is 4.90 Å². The number of hydrogen-bond acceptors (Lipinski definition) is 4. The maximum atomic E-state index is 11.7. The van der Waals surface area contributed by atoms with E-state index in [0.29, 0.717) is 23.1 Å². The Hall–Kier alpha value is -2.89. The van der Waals surface area contributed by atoms with Gasteiger partial charge in [-0.2, -0.15) is 0 Å². The molecular weight excluding hydrogens is 388 g/mol. The van der Waals surface area contributed by atoms with Crippen LogP contribution in [0.5, 0.6) is 5.75 Å². The van der Waals surface area contributed by atoms with Crippen molar-refractivity contribution in [3.05, 3.63) is 77.4 Å². The number of amides is 1. The number of benzene rings is 3. The van der Waals surface area contributed by atoms with Crippen LogP contribution in [0.1, 0.15) is 34.3 Å². The van der Waals surface area contributed by atoms with Crippen LogP contribution in [0.3, 0.4) is 0 Å². The Bertz CT molecular complexity index is 1130. The highest BCUT2D eigenvalue weighted by atomic mass is 16.5. The number of carbonyl (C=O) groups excluding carboxylic acids is 1. The van der Waals surface area contributed by atoms with Gasteiger partial charge in [0.2, 0.25) is 5.91 Å². The van der Waals surface area contributed by atoms with Crippen molar-refractivity contribution in [1.29, 1.82) is 0 Å². The molecular formula is C26H28N2O3. The first-order valence-electron chi connectivity index (χ1n) is 10.9. The first kappa shape index (κ1) is 20.0. The Morgan fingerprint density at radius 1 is 1.06 bits per heavy atom. The van der Waals surface area contributed by atoms with E-state index in [1.54, 1.807) is 19.2 Å². The van der Waals surface area contributed by atoms with E-state index in [4.69, 9.17) is 10.5 Å². The Labute approximate surface area is 182 Å². The number of fused-ring (bicyclic) bond motifs is 3. The SMILES string of the molecule is COC1(c2cccc(C(N)=O)c2)C2CCC1CN(Cc1ccc(O)c3ccccc13)C2. The van der Waals surface area contributed by atoms with Crippen LogP contribution < -0.4 is 5.73 Å². The van der Waals surface area contributed by atoms with Gasteiger partial charge in [-0.25, -0.2) is 0 Å². The van der Waals surface area contributed by atoms with Gasteiger partial charge >= 0.3 is 0 Å². The number of likely N-dealkylation sites (tertiary alicyclic amines) is 1. The third kappa shape index (κ3) is 3.20. The summed E-state index contributed by atoms with van der Waals surface area (Å²) >= 11 is 0.